The molecule has 3 aromatic rings. The van der Waals surface area contributed by atoms with Gasteiger partial charge in [0.2, 0.25) is 0 Å². The Kier molecular flexibility index (Phi) is 3.82. The number of fused-ring (bicyclic) bond motifs is 1. The van der Waals surface area contributed by atoms with Crippen LogP contribution in [0.3, 0.4) is 0 Å². The molecule has 0 radical (unpaired) electrons. The third kappa shape index (κ3) is 2.66. The smallest absolute Gasteiger partial charge is 0.130 e. The van der Waals surface area contributed by atoms with E-state index in [-0.39, 0.29) is 5.57 Å². The maximum atomic E-state index is 8.98. The van der Waals surface area contributed by atoms with Gasteiger partial charge in [-0.05, 0) is 36.4 Å². The summed E-state index contributed by atoms with van der Waals surface area (Å²) in [4.78, 5) is 0. The van der Waals surface area contributed by atoms with Crippen molar-refractivity contribution in [2.24, 2.45) is 0 Å². The third-order valence-electron chi connectivity index (χ3n) is 3.63. The minimum Gasteiger partial charge on any atom is -0.497 e. The van der Waals surface area contributed by atoms with Crippen LogP contribution in [0.5, 0.6) is 5.75 Å². The van der Waals surface area contributed by atoms with Gasteiger partial charge in [0.1, 0.15) is 23.5 Å². The highest BCUT2D eigenvalue weighted by Crippen LogP contribution is 2.27. The Bertz CT molecular complexity index is 951. The molecule has 1 heterocycles. The molecular formula is C19H13N3O. The molecule has 0 N–H and O–H groups in total. The number of benzene rings is 2. The molecule has 0 aliphatic carbocycles. The molecule has 4 heteroatoms. The molecule has 0 aliphatic heterocycles. The number of hydrogen-bond donors (Lipinski definition) is 0. The lowest BCUT2D eigenvalue weighted by Crippen LogP contribution is -1.91. The normalized spacial score (nSPS) is 9.87. The van der Waals surface area contributed by atoms with E-state index in [4.69, 9.17) is 15.3 Å². The fraction of sp³-hybridized carbons (Fsp3) is 0.0526. The molecule has 1 aromatic heterocycles. The Morgan fingerprint density at radius 2 is 1.74 bits per heavy atom. The molecule has 0 fully saturated rings. The summed E-state index contributed by atoms with van der Waals surface area (Å²) < 4.78 is 7.22. The average Bonchev–Trinajstić information content (AvgIpc) is 2.98. The molecule has 0 spiro atoms. The quantitative estimate of drug-likeness (QED) is 0.685. The number of para-hydroxylation sites is 1. The molecule has 0 saturated carbocycles. The van der Waals surface area contributed by atoms with Gasteiger partial charge in [-0.3, -0.25) is 0 Å². The van der Waals surface area contributed by atoms with Crippen LogP contribution in [0.25, 0.3) is 22.7 Å². The second-order valence-corrected chi connectivity index (χ2v) is 4.95. The molecule has 0 amide bonds. The van der Waals surface area contributed by atoms with Gasteiger partial charge in [-0.15, -0.1) is 0 Å². The zero-order valence-electron chi connectivity index (χ0n) is 12.5. The minimum atomic E-state index is 0.0858. The lowest BCUT2D eigenvalue weighted by molar-refractivity contribution is 0.415. The fourth-order valence-corrected chi connectivity index (χ4v) is 2.52. The molecule has 0 atom stereocenters. The second-order valence-electron chi connectivity index (χ2n) is 4.95. The van der Waals surface area contributed by atoms with Gasteiger partial charge in [-0.25, -0.2) is 0 Å². The number of nitriles is 2. The van der Waals surface area contributed by atoms with Crippen molar-refractivity contribution in [3.63, 3.8) is 0 Å². The van der Waals surface area contributed by atoms with Gasteiger partial charge in [-0.1, -0.05) is 18.2 Å². The second kappa shape index (κ2) is 6.09. The number of aromatic nitrogens is 1. The first-order chi connectivity index (χ1) is 11.3. The maximum Gasteiger partial charge on any atom is 0.130 e. The molecule has 2 aromatic carbocycles. The van der Waals surface area contributed by atoms with Crippen molar-refractivity contribution >= 4 is 17.0 Å². The monoisotopic (exact) mass is 299 g/mol. The number of nitrogens with zero attached hydrogens (tertiary/aromatic N) is 3. The molecule has 0 unspecified atom stereocenters. The third-order valence-corrected chi connectivity index (χ3v) is 3.63. The van der Waals surface area contributed by atoms with Crippen LogP contribution in [0.1, 0.15) is 5.56 Å². The molecule has 0 saturated heterocycles. The van der Waals surface area contributed by atoms with Gasteiger partial charge in [0, 0.05) is 22.8 Å². The summed E-state index contributed by atoms with van der Waals surface area (Å²) >= 11 is 0. The van der Waals surface area contributed by atoms with Crippen molar-refractivity contribution in [1.82, 2.24) is 4.57 Å². The first-order valence-corrected chi connectivity index (χ1v) is 7.03. The van der Waals surface area contributed by atoms with E-state index in [1.54, 1.807) is 13.2 Å². The van der Waals surface area contributed by atoms with Crippen molar-refractivity contribution in [3.05, 3.63) is 65.9 Å². The SMILES string of the molecule is COc1ccc(-n2cc(C=C(C#N)C#N)c3ccccc32)cc1. The van der Waals surface area contributed by atoms with Crippen LogP contribution in [-0.2, 0) is 0 Å². The van der Waals surface area contributed by atoms with Gasteiger partial charge < -0.3 is 9.30 Å². The molecule has 0 bridgehead atoms. The Hall–Kier alpha value is -3.50. The summed E-state index contributed by atoms with van der Waals surface area (Å²) in [5.74, 6) is 0.793. The van der Waals surface area contributed by atoms with Crippen LogP contribution in [0.4, 0.5) is 0 Å². The van der Waals surface area contributed by atoms with Gasteiger partial charge in [0.05, 0.1) is 12.6 Å². The average molecular weight is 299 g/mol. The maximum absolute atomic E-state index is 8.98. The van der Waals surface area contributed by atoms with Crippen LogP contribution in [0, 0.1) is 22.7 Å². The highest BCUT2D eigenvalue weighted by molar-refractivity contribution is 5.92. The zero-order valence-corrected chi connectivity index (χ0v) is 12.5. The Balaban J connectivity index is 2.20. The van der Waals surface area contributed by atoms with Gasteiger partial charge in [-0.2, -0.15) is 10.5 Å². The first-order valence-electron chi connectivity index (χ1n) is 7.03. The van der Waals surface area contributed by atoms with E-state index in [0.29, 0.717) is 0 Å². The van der Waals surface area contributed by atoms with E-state index >= 15 is 0 Å². The van der Waals surface area contributed by atoms with Crippen molar-refractivity contribution in [3.8, 4) is 23.6 Å². The van der Waals surface area contributed by atoms with Crippen molar-refractivity contribution in [2.45, 2.75) is 0 Å². The van der Waals surface area contributed by atoms with Gasteiger partial charge in [0.25, 0.3) is 0 Å². The number of allylic oxidation sites excluding steroid dienone is 1. The number of methoxy groups -OCH3 is 1. The predicted octanol–water partition coefficient (Wildman–Crippen LogP) is 4.07. The molecular weight excluding hydrogens is 286 g/mol. The lowest BCUT2D eigenvalue weighted by Gasteiger charge is -2.06. The number of hydrogen-bond acceptors (Lipinski definition) is 3. The highest BCUT2D eigenvalue weighted by atomic mass is 16.5. The summed E-state index contributed by atoms with van der Waals surface area (Å²) in [6.45, 7) is 0. The lowest BCUT2D eigenvalue weighted by atomic mass is 10.1. The van der Waals surface area contributed by atoms with Crippen molar-refractivity contribution in [1.29, 1.82) is 10.5 Å². The summed E-state index contributed by atoms with van der Waals surface area (Å²) in [5, 5.41) is 19.0. The fourth-order valence-electron chi connectivity index (χ4n) is 2.52. The van der Waals surface area contributed by atoms with E-state index in [1.807, 2.05) is 71.4 Å². The number of rotatable bonds is 3. The summed E-state index contributed by atoms with van der Waals surface area (Å²) in [5.41, 5.74) is 2.92. The van der Waals surface area contributed by atoms with Crippen LogP contribution < -0.4 is 4.74 Å². The summed E-state index contributed by atoms with van der Waals surface area (Å²) in [6.07, 6.45) is 3.55. The predicted molar refractivity (Wildman–Crippen MR) is 89.0 cm³/mol. The van der Waals surface area contributed by atoms with Crippen LogP contribution >= 0.6 is 0 Å². The Labute approximate surface area is 134 Å². The molecule has 4 nitrogen and oxygen atoms in total. The van der Waals surface area contributed by atoms with E-state index in [1.165, 1.54) is 0 Å². The molecule has 0 aliphatic rings. The largest absolute Gasteiger partial charge is 0.497 e. The Morgan fingerprint density at radius 1 is 1.04 bits per heavy atom. The summed E-state index contributed by atoms with van der Waals surface area (Å²) in [6, 6.07) is 19.4. The number of ether oxygens (including phenoxy) is 1. The van der Waals surface area contributed by atoms with E-state index in [0.717, 1.165) is 27.9 Å². The van der Waals surface area contributed by atoms with E-state index < -0.39 is 0 Å². The first kappa shape index (κ1) is 14.4. The van der Waals surface area contributed by atoms with Gasteiger partial charge in [0.15, 0.2) is 0 Å². The van der Waals surface area contributed by atoms with Crippen LogP contribution in [-0.4, -0.2) is 11.7 Å². The molecule has 23 heavy (non-hydrogen) atoms. The highest BCUT2D eigenvalue weighted by Gasteiger charge is 2.09. The molecule has 3 rings (SSSR count). The zero-order chi connectivity index (χ0) is 16.2. The standard InChI is InChI=1S/C19H13N3O/c1-23-17-8-6-16(7-9-17)22-13-15(10-14(11-20)12-21)18-4-2-3-5-19(18)22/h2-10,13H,1H3. The van der Waals surface area contributed by atoms with Crippen molar-refractivity contribution < 1.29 is 4.74 Å². The van der Waals surface area contributed by atoms with E-state index in [9.17, 15) is 0 Å². The van der Waals surface area contributed by atoms with Crippen LogP contribution in [0.15, 0.2) is 60.3 Å². The molecule has 110 valence electrons. The Morgan fingerprint density at radius 3 is 2.39 bits per heavy atom. The van der Waals surface area contributed by atoms with Crippen molar-refractivity contribution in [2.75, 3.05) is 7.11 Å². The van der Waals surface area contributed by atoms with Crippen LogP contribution in [0.2, 0.25) is 0 Å². The topological polar surface area (TPSA) is 61.7 Å². The van der Waals surface area contributed by atoms with E-state index in [2.05, 4.69) is 0 Å². The minimum absolute atomic E-state index is 0.0858. The van der Waals surface area contributed by atoms with Gasteiger partial charge >= 0.3 is 0 Å². The summed E-state index contributed by atoms with van der Waals surface area (Å²) in [7, 11) is 1.63.